The van der Waals surface area contributed by atoms with Crippen LogP contribution in [-0.4, -0.2) is 8.42 Å². The van der Waals surface area contributed by atoms with Gasteiger partial charge in [0.25, 0.3) is 10.0 Å². The lowest BCUT2D eigenvalue weighted by Gasteiger charge is -2.13. The molecule has 0 aromatic heterocycles. The van der Waals surface area contributed by atoms with Crippen LogP contribution in [0.25, 0.3) is 0 Å². The lowest BCUT2D eigenvalue weighted by molar-refractivity contribution is 0.601. The minimum atomic E-state index is -3.72. The maximum absolute atomic E-state index is 12.5. The van der Waals surface area contributed by atoms with Crippen LogP contribution < -0.4 is 10.5 Å². The molecule has 0 radical (unpaired) electrons. The smallest absolute Gasteiger partial charge is 0.263 e. The van der Waals surface area contributed by atoms with Gasteiger partial charge < -0.3 is 5.73 Å². The number of benzene rings is 2. The van der Waals surface area contributed by atoms with Crippen molar-refractivity contribution in [1.29, 1.82) is 0 Å². The number of halogens is 1. The van der Waals surface area contributed by atoms with Crippen LogP contribution in [0.2, 0.25) is 5.02 Å². The van der Waals surface area contributed by atoms with Crippen molar-refractivity contribution in [3.8, 4) is 0 Å². The predicted octanol–water partition coefficient (Wildman–Crippen LogP) is 3.16. The molecule has 2 aromatic rings. The van der Waals surface area contributed by atoms with Crippen LogP contribution in [0.3, 0.4) is 0 Å². The SMILES string of the molecule is CCc1ccccc1NS(=O)(=O)c1ccc(CN)cc1Cl. The van der Waals surface area contributed by atoms with Gasteiger partial charge in [0.2, 0.25) is 0 Å². The average molecular weight is 325 g/mol. The summed E-state index contributed by atoms with van der Waals surface area (Å²) < 4.78 is 27.5. The highest BCUT2D eigenvalue weighted by atomic mass is 35.5. The first-order valence-electron chi connectivity index (χ1n) is 6.57. The van der Waals surface area contributed by atoms with Crippen molar-refractivity contribution in [2.75, 3.05) is 4.72 Å². The molecule has 0 saturated carbocycles. The monoisotopic (exact) mass is 324 g/mol. The summed E-state index contributed by atoms with van der Waals surface area (Å²) in [6.45, 7) is 2.28. The van der Waals surface area contributed by atoms with Gasteiger partial charge in [0.05, 0.1) is 10.7 Å². The van der Waals surface area contributed by atoms with Gasteiger partial charge in [-0.3, -0.25) is 4.72 Å². The molecule has 3 N–H and O–H groups in total. The molecule has 2 aromatic carbocycles. The largest absolute Gasteiger partial charge is 0.326 e. The van der Waals surface area contributed by atoms with E-state index in [4.69, 9.17) is 17.3 Å². The van der Waals surface area contributed by atoms with Gasteiger partial charge in [-0.05, 0) is 35.7 Å². The maximum atomic E-state index is 12.5. The van der Waals surface area contributed by atoms with E-state index in [9.17, 15) is 8.42 Å². The molecule has 0 fully saturated rings. The van der Waals surface area contributed by atoms with Crippen LogP contribution >= 0.6 is 11.6 Å². The molecule has 0 aliphatic rings. The Morgan fingerprint density at radius 2 is 1.90 bits per heavy atom. The van der Waals surface area contributed by atoms with Crippen molar-refractivity contribution < 1.29 is 8.42 Å². The number of hydrogen-bond donors (Lipinski definition) is 2. The summed E-state index contributed by atoms with van der Waals surface area (Å²) in [5, 5.41) is 0.166. The van der Waals surface area contributed by atoms with Crippen molar-refractivity contribution in [3.63, 3.8) is 0 Å². The van der Waals surface area contributed by atoms with E-state index in [1.807, 2.05) is 19.1 Å². The summed E-state index contributed by atoms with van der Waals surface area (Å²) in [4.78, 5) is 0.0484. The van der Waals surface area contributed by atoms with Crippen molar-refractivity contribution in [2.24, 2.45) is 5.73 Å². The molecule has 0 atom stereocenters. The van der Waals surface area contributed by atoms with E-state index < -0.39 is 10.0 Å². The van der Waals surface area contributed by atoms with Gasteiger partial charge in [-0.2, -0.15) is 0 Å². The van der Waals surface area contributed by atoms with Crippen molar-refractivity contribution in [2.45, 2.75) is 24.8 Å². The Labute approximate surface area is 130 Å². The molecule has 4 nitrogen and oxygen atoms in total. The fraction of sp³-hybridized carbons (Fsp3) is 0.200. The molecule has 0 bridgehead atoms. The number of nitrogens with two attached hydrogens (primary N) is 1. The first-order chi connectivity index (χ1) is 9.97. The molecule has 6 heteroatoms. The van der Waals surface area contributed by atoms with E-state index in [1.165, 1.54) is 6.07 Å². The molecule has 0 aliphatic carbocycles. The average Bonchev–Trinajstić information content (AvgIpc) is 2.47. The lowest BCUT2D eigenvalue weighted by Crippen LogP contribution is -2.15. The summed E-state index contributed by atoms with van der Waals surface area (Å²) in [5.41, 5.74) is 7.80. The second-order valence-electron chi connectivity index (χ2n) is 4.59. The fourth-order valence-corrected chi connectivity index (χ4v) is 3.69. The number of para-hydroxylation sites is 1. The zero-order valence-electron chi connectivity index (χ0n) is 11.6. The predicted molar refractivity (Wildman–Crippen MR) is 86.0 cm³/mol. The Hall–Kier alpha value is -1.56. The zero-order chi connectivity index (χ0) is 15.5. The molecule has 0 aliphatic heterocycles. The minimum Gasteiger partial charge on any atom is -0.326 e. The van der Waals surface area contributed by atoms with E-state index in [2.05, 4.69) is 4.72 Å². The topological polar surface area (TPSA) is 72.2 Å². The van der Waals surface area contributed by atoms with E-state index in [0.29, 0.717) is 12.2 Å². The van der Waals surface area contributed by atoms with Crippen LogP contribution in [0.1, 0.15) is 18.1 Å². The highest BCUT2D eigenvalue weighted by Crippen LogP contribution is 2.26. The number of hydrogen-bond acceptors (Lipinski definition) is 3. The van der Waals surface area contributed by atoms with Gasteiger partial charge in [-0.25, -0.2) is 8.42 Å². The molecule has 0 unspecified atom stereocenters. The molecular weight excluding hydrogens is 308 g/mol. The molecule has 0 spiro atoms. The first-order valence-corrected chi connectivity index (χ1v) is 8.43. The summed E-state index contributed by atoms with van der Waals surface area (Å²) in [7, 11) is -3.72. The third-order valence-corrected chi connectivity index (χ3v) is 5.01. The molecular formula is C15H17ClN2O2S. The molecule has 0 heterocycles. The maximum Gasteiger partial charge on any atom is 0.263 e. The Morgan fingerprint density at radius 1 is 1.19 bits per heavy atom. The van der Waals surface area contributed by atoms with E-state index in [1.54, 1.807) is 24.3 Å². The highest BCUT2D eigenvalue weighted by molar-refractivity contribution is 7.92. The van der Waals surface area contributed by atoms with Crippen LogP contribution in [0, 0.1) is 0 Å². The van der Waals surface area contributed by atoms with Gasteiger partial charge in [-0.15, -0.1) is 0 Å². The molecule has 0 amide bonds. The van der Waals surface area contributed by atoms with E-state index in [-0.39, 0.29) is 9.92 Å². The molecule has 112 valence electrons. The van der Waals surface area contributed by atoms with Crippen LogP contribution in [0.5, 0.6) is 0 Å². The van der Waals surface area contributed by atoms with E-state index >= 15 is 0 Å². The van der Waals surface area contributed by atoms with Crippen molar-refractivity contribution in [3.05, 3.63) is 58.6 Å². The van der Waals surface area contributed by atoms with Crippen LogP contribution in [-0.2, 0) is 23.0 Å². The summed E-state index contributed by atoms with van der Waals surface area (Å²) in [5.74, 6) is 0. The van der Waals surface area contributed by atoms with Gasteiger partial charge >= 0.3 is 0 Å². The Morgan fingerprint density at radius 3 is 2.52 bits per heavy atom. The Balaban J connectivity index is 2.39. The number of aryl methyl sites for hydroxylation is 1. The lowest BCUT2D eigenvalue weighted by atomic mass is 10.1. The number of nitrogens with one attached hydrogen (secondary N) is 1. The van der Waals surface area contributed by atoms with Crippen molar-refractivity contribution in [1.82, 2.24) is 0 Å². The Bertz CT molecular complexity index is 745. The first kappa shape index (κ1) is 15.8. The van der Waals surface area contributed by atoms with Gasteiger partial charge in [0, 0.05) is 6.54 Å². The zero-order valence-corrected chi connectivity index (χ0v) is 13.2. The molecule has 21 heavy (non-hydrogen) atoms. The summed E-state index contributed by atoms with van der Waals surface area (Å²) in [6, 6.07) is 12.0. The third kappa shape index (κ3) is 3.56. The summed E-state index contributed by atoms with van der Waals surface area (Å²) in [6.07, 6.45) is 0.735. The second-order valence-corrected chi connectivity index (χ2v) is 6.64. The molecule has 0 saturated heterocycles. The van der Waals surface area contributed by atoms with Crippen LogP contribution in [0.4, 0.5) is 5.69 Å². The second kappa shape index (κ2) is 6.47. The van der Waals surface area contributed by atoms with Gasteiger partial charge in [0.15, 0.2) is 0 Å². The van der Waals surface area contributed by atoms with Gasteiger partial charge in [0.1, 0.15) is 4.90 Å². The quantitative estimate of drug-likeness (QED) is 0.887. The van der Waals surface area contributed by atoms with Crippen molar-refractivity contribution >= 4 is 27.3 Å². The minimum absolute atomic E-state index is 0.0484. The number of rotatable bonds is 5. The number of anilines is 1. The van der Waals surface area contributed by atoms with Crippen LogP contribution in [0.15, 0.2) is 47.4 Å². The fourth-order valence-electron chi connectivity index (χ4n) is 2.02. The van der Waals surface area contributed by atoms with E-state index in [0.717, 1.165) is 17.5 Å². The standard InChI is InChI=1S/C15H17ClN2O2S/c1-2-12-5-3-4-6-14(12)18-21(19,20)15-8-7-11(10-17)9-13(15)16/h3-9,18H,2,10,17H2,1H3. The Kier molecular flexibility index (Phi) is 4.88. The van der Waals surface area contributed by atoms with Gasteiger partial charge in [-0.1, -0.05) is 42.8 Å². The molecule has 2 rings (SSSR count). The number of sulfonamides is 1. The highest BCUT2D eigenvalue weighted by Gasteiger charge is 2.19. The third-order valence-electron chi connectivity index (χ3n) is 3.16. The normalized spacial score (nSPS) is 11.4. The summed E-state index contributed by atoms with van der Waals surface area (Å²) >= 11 is 6.06.